The Morgan fingerprint density at radius 2 is 2.32 bits per heavy atom. The Kier molecular flexibility index (Phi) is 4.49. The summed E-state index contributed by atoms with van der Waals surface area (Å²) in [4.78, 5) is 14.9. The number of nitrogens with one attached hydrogen (secondary N) is 1. The zero-order valence-corrected chi connectivity index (χ0v) is 12.6. The maximum absolute atomic E-state index is 10.9. The Morgan fingerprint density at radius 1 is 1.53 bits per heavy atom. The second-order valence-electron chi connectivity index (χ2n) is 3.98. The van der Waals surface area contributed by atoms with Crippen molar-refractivity contribution in [1.29, 1.82) is 0 Å². The molecule has 0 aliphatic carbocycles. The lowest BCUT2D eigenvalue weighted by Crippen LogP contribution is -2.06. The third kappa shape index (κ3) is 3.74. The van der Waals surface area contributed by atoms with Crippen LogP contribution in [0.3, 0.4) is 0 Å². The van der Waals surface area contributed by atoms with Crippen molar-refractivity contribution in [3.8, 4) is 0 Å². The van der Waals surface area contributed by atoms with Crippen LogP contribution in [0.2, 0.25) is 0 Å². The lowest BCUT2D eigenvalue weighted by molar-refractivity contribution is -0.384. The molecule has 0 fully saturated rings. The first kappa shape index (κ1) is 14.0. The maximum Gasteiger partial charge on any atom is 0.292 e. The van der Waals surface area contributed by atoms with Crippen LogP contribution < -0.4 is 5.32 Å². The number of aromatic nitrogens is 1. The number of nitro groups is 1. The number of hydrogen-bond acceptors (Lipinski definition) is 5. The highest BCUT2D eigenvalue weighted by molar-refractivity contribution is 9.10. The minimum absolute atomic E-state index is 0.0820. The average molecular weight is 342 g/mol. The van der Waals surface area contributed by atoms with Crippen LogP contribution in [0.25, 0.3) is 0 Å². The first-order valence-corrected chi connectivity index (χ1v) is 7.32. The summed E-state index contributed by atoms with van der Waals surface area (Å²) in [6, 6.07) is 4.86. The van der Waals surface area contributed by atoms with E-state index in [2.05, 4.69) is 26.2 Å². The smallest absolute Gasteiger partial charge is 0.292 e. The predicted octanol–water partition coefficient (Wildman–Crippen LogP) is 3.78. The van der Waals surface area contributed by atoms with Gasteiger partial charge in [0.1, 0.15) is 5.69 Å². The molecule has 100 valence electrons. The highest BCUT2D eigenvalue weighted by Crippen LogP contribution is 2.27. The Labute approximate surface area is 123 Å². The standard InChI is InChI=1S/C12H12BrN3O2S/c1-8-7-19-12(15-8)4-5-14-10-6-9(13)2-3-11(10)16(17)18/h2-3,6-7,14H,4-5H2,1H3. The Morgan fingerprint density at radius 3 is 2.95 bits per heavy atom. The number of thiazole rings is 1. The van der Waals surface area contributed by atoms with Crippen molar-refractivity contribution < 1.29 is 4.92 Å². The van der Waals surface area contributed by atoms with E-state index in [1.165, 1.54) is 6.07 Å². The van der Waals surface area contributed by atoms with Crippen molar-refractivity contribution in [1.82, 2.24) is 4.98 Å². The van der Waals surface area contributed by atoms with Crippen molar-refractivity contribution >= 4 is 38.6 Å². The molecule has 2 aromatic rings. The SMILES string of the molecule is Cc1csc(CCNc2cc(Br)ccc2[N+](=O)[O-])n1. The molecule has 0 unspecified atom stereocenters. The fourth-order valence-electron chi connectivity index (χ4n) is 1.63. The molecule has 2 rings (SSSR count). The van der Waals surface area contributed by atoms with Crippen molar-refractivity contribution in [2.75, 3.05) is 11.9 Å². The molecular formula is C12H12BrN3O2S. The molecule has 0 spiro atoms. The number of halogens is 1. The van der Waals surface area contributed by atoms with Gasteiger partial charge in [-0.3, -0.25) is 10.1 Å². The van der Waals surface area contributed by atoms with Gasteiger partial charge >= 0.3 is 0 Å². The van der Waals surface area contributed by atoms with Crippen LogP contribution in [-0.2, 0) is 6.42 Å². The van der Waals surface area contributed by atoms with Crippen LogP contribution in [0.5, 0.6) is 0 Å². The summed E-state index contributed by atoms with van der Waals surface area (Å²) >= 11 is 4.92. The van der Waals surface area contributed by atoms with Crippen LogP contribution >= 0.6 is 27.3 Å². The molecule has 0 aliphatic rings. The van der Waals surface area contributed by atoms with E-state index in [-0.39, 0.29) is 10.6 Å². The lowest BCUT2D eigenvalue weighted by atomic mass is 10.2. The number of rotatable bonds is 5. The number of hydrogen-bond donors (Lipinski definition) is 1. The monoisotopic (exact) mass is 341 g/mol. The summed E-state index contributed by atoms with van der Waals surface area (Å²) in [5, 5.41) is 17.0. The number of nitro benzene ring substituents is 1. The van der Waals surface area contributed by atoms with Crippen molar-refractivity contribution in [3.63, 3.8) is 0 Å². The van der Waals surface area contributed by atoms with E-state index >= 15 is 0 Å². The van der Waals surface area contributed by atoms with Crippen molar-refractivity contribution in [2.45, 2.75) is 13.3 Å². The number of benzene rings is 1. The third-order valence-electron chi connectivity index (χ3n) is 2.48. The summed E-state index contributed by atoms with van der Waals surface area (Å²) < 4.78 is 0.811. The van der Waals surface area contributed by atoms with E-state index < -0.39 is 0 Å². The fourth-order valence-corrected chi connectivity index (χ4v) is 2.77. The van der Waals surface area contributed by atoms with E-state index in [1.807, 2.05) is 12.3 Å². The molecule has 1 heterocycles. The highest BCUT2D eigenvalue weighted by Gasteiger charge is 2.13. The van der Waals surface area contributed by atoms with Gasteiger partial charge < -0.3 is 5.32 Å². The van der Waals surface area contributed by atoms with Gasteiger partial charge in [-0.2, -0.15) is 0 Å². The third-order valence-corrected chi connectivity index (χ3v) is 4.00. The molecule has 0 saturated heterocycles. The number of nitrogens with zero attached hydrogens (tertiary/aromatic N) is 2. The molecule has 1 aromatic carbocycles. The molecule has 1 aromatic heterocycles. The molecular weight excluding hydrogens is 330 g/mol. The summed E-state index contributed by atoms with van der Waals surface area (Å²) in [5.41, 5.74) is 1.61. The summed E-state index contributed by atoms with van der Waals surface area (Å²) in [6.07, 6.45) is 0.752. The van der Waals surface area contributed by atoms with Gasteiger partial charge in [0.15, 0.2) is 0 Å². The Balaban J connectivity index is 2.02. The van der Waals surface area contributed by atoms with Crippen LogP contribution in [0, 0.1) is 17.0 Å². The molecule has 7 heteroatoms. The van der Waals surface area contributed by atoms with Crippen molar-refractivity contribution in [2.24, 2.45) is 0 Å². The highest BCUT2D eigenvalue weighted by atomic mass is 79.9. The molecule has 5 nitrogen and oxygen atoms in total. The van der Waals surface area contributed by atoms with Crippen molar-refractivity contribution in [3.05, 3.63) is 48.9 Å². The second kappa shape index (κ2) is 6.12. The largest absolute Gasteiger partial charge is 0.379 e. The predicted molar refractivity (Wildman–Crippen MR) is 79.8 cm³/mol. The van der Waals surface area contributed by atoms with Gasteiger partial charge in [-0.1, -0.05) is 15.9 Å². The molecule has 0 radical (unpaired) electrons. The van der Waals surface area contributed by atoms with Gasteiger partial charge in [0.2, 0.25) is 0 Å². The summed E-state index contributed by atoms with van der Waals surface area (Å²) in [7, 11) is 0. The maximum atomic E-state index is 10.9. The van der Waals surface area contributed by atoms with E-state index in [0.29, 0.717) is 12.2 Å². The van der Waals surface area contributed by atoms with E-state index in [0.717, 1.165) is 21.6 Å². The van der Waals surface area contributed by atoms with Crippen LogP contribution in [-0.4, -0.2) is 16.5 Å². The van der Waals surface area contributed by atoms with E-state index in [4.69, 9.17) is 0 Å². The van der Waals surface area contributed by atoms with Gasteiger partial charge in [-0.05, 0) is 19.1 Å². The Bertz CT molecular complexity index is 600. The average Bonchev–Trinajstić information content (AvgIpc) is 2.75. The fraction of sp³-hybridized carbons (Fsp3) is 0.250. The molecule has 0 bridgehead atoms. The number of aryl methyl sites for hydroxylation is 1. The van der Waals surface area contributed by atoms with Gasteiger partial charge in [0.25, 0.3) is 5.69 Å². The van der Waals surface area contributed by atoms with Gasteiger partial charge in [-0.25, -0.2) is 4.98 Å². The first-order chi connectivity index (χ1) is 9.06. The van der Waals surface area contributed by atoms with Gasteiger partial charge in [0, 0.05) is 34.6 Å². The molecule has 1 N–H and O–H groups in total. The zero-order valence-electron chi connectivity index (χ0n) is 10.2. The summed E-state index contributed by atoms with van der Waals surface area (Å²) in [6.45, 7) is 2.57. The Hall–Kier alpha value is -1.47. The van der Waals surface area contributed by atoms with E-state index in [9.17, 15) is 10.1 Å². The topological polar surface area (TPSA) is 68.1 Å². The lowest BCUT2D eigenvalue weighted by Gasteiger charge is -2.06. The second-order valence-corrected chi connectivity index (χ2v) is 5.84. The minimum Gasteiger partial charge on any atom is -0.379 e. The zero-order chi connectivity index (χ0) is 13.8. The first-order valence-electron chi connectivity index (χ1n) is 5.65. The van der Waals surface area contributed by atoms with Gasteiger partial charge in [-0.15, -0.1) is 11.3 Å². The normalized spacial score (nSPS) is 10.4. The molecule has 0 amide bonds. The molecule has 0 atom stereocenters. The van der Waals surface area contributed by atoms with Gasteiger partial charge in [0.05, 0.1) is 9.93 Å². The molecule has 19 heavy (non-hydrogen) atoms. The van der Waals surface area contributed by atoms with E-state index in [1.54, 1.807) is 23.5 Å². The number of anilines is 1. The van der Waals surface area contributed by atoms with Crippen LogP contribution in [0.4, 0.5) is 11.4 Å². The molecule has 0 aliphatic heterocycles. The van der Waals surface area contributed by atoms with Crippen LogP contribution in [0.15, 0.2) is 28.1 Å². The van der Waals surface area contributed by atoms with Crippen LogP contribution in [0.1, 0.15) is 10.7 Å². The quantitative estimate of drug-likeness (QED) is 0.663. The molecule has 0 saturated carbocycles. The minimum atomic E-state index is -0.387. The summed E-state index contributed by atoms with van der Waals surface area (Å²) in [5.74, 6) is 0.